The maximum absolute atomic E-state index is 10.0. The lowest BCUT2D eigenvalue weighted by Crippen LogP contribution is -2.28. The molecule has 6 aromatic rings. The van der Waals surface area contributed by atoms with E-state index in [0.717, 1.165) is 50.1 Å². The van der Waals surface area contributed by atoms with Gasteiger partial charge in [-0.1, -0.05) is 109 Å². The molecule has 0 fully saturated rings. The number of hydrogen-bond acceptors (Lipinski definition) is 3. The molecule has 3 N–H and O–H groups in total. The molecule has 6 rings (SSSR count). The highest BCUT2D eigenvalue weighted by Gasteiger charge is 2.37. The van der Waals surface area contributed by atoms with Crippen molar-refractivity contribution in [2.75, 3.05) is 0 Å². The van der Waals surface area contributed by atoms with Gasteiger partial charge in [0.15, 0.2) is 0 Å². The molecule has 0 saturated carbocycles. The van der Waals surface area contributed by atoms with Crippen LogP contribution < -0.4 is 0 Å². The van der Waals surface area contributed by atoms with Crippen molar-refractivity contribution in [2.45, 2.75) is 12.3 Å². The smallest absolute Gasteiger partial charge is 0.115 e. The molecule has 0 aliphatic rings. The SMILES string of the molecule is CC(c1ccccc1-c1ccc(O)cc1)(c1ccccc1-c1ccc(O)cc1)c1ccccc1-c1ccc(O)cc1. The highest BCUT2D eigenvalue weighted by Crippen LogP contribution is 2.49. The van der Waals surface area contributed by atoms with Crippen molar-refractivity contribution < 1.29 is 15.3 Å². The second kappa shape index (κ2) is 10.7. The van der Waals surface area contributed by atoms with Crippen molar-refractivity contribution in [3.8, 4) is 50.6 Å². The number of phenolic OH excluding ortho intramolecular Hbond substituents is 3. The summed E-state index contributed by atoms with van der Waals surface area (Å²) in [5, 5.41) is 30.1. The van der Waals surface area contributed by atoms with Crippen LogP contribution in [0.15, 0.2) is 146 Å². The molecule has 41 heavy (non-hydrogen) atoms. The van der Waals surface area contributed by atoms with Crippen LogP contribution >= 0.6 is 0 Å². The van der Waals surface area contributed by atoms with Crippen molar-refractivity contribution in [2.24, 2.45) is 0 Å². The summed E-state index contributed by atoms with van der Waals surface area (Å²) in [6.07, 6.45) is 0. The first-order valence-electron chi connectivity index (χ1n) is 13.6. The lowest BCUT2D eigenvalue weighted by Gasteiger charge is -2.37. The van der Waals surface area contributed by atoms with Gasteiger partial charge < -0.3 is 15.3 Å². The van der Waals surface area contributed by atoms with Crippen LogP contribution in [0, 0.1) is 0 Å². The Balaban J connectivity index is 1.70. The van der Waals surface area contributed by atoms with Crippen LogP contribution in [-0.4, -0.2) is 15.3 Å². The van der Waals surface area contributed by atoms with Crippen LogP contribution in [0.5, 0.6) is 17.2 Å². The van der Waals surface area contributed by atoms with E-state index in [-0.39, 0.29) is 17.2 Å². The van der Waals surface area contributed by atoms with Crippen LogP contribution in [0.1, 0.15) is 23.6 Å². The van der Waals surface area contributed by atoms with E-state index in [1.807, 2.05) is 54.6 Å². The quantitative estimate of drug-likeness (QED) is 0.187. The third-order valence-corrected chi connectivity index (χ3v) is 7.93. The van der Waals surface area contributed by atoms with Gasteiger partial charge in [0.25, 0.3) is 0 Å². The van der Waals surface area contributed by atoms with E-state index in [2.05, 4.69) is 61.5 Å². The Morgan fingerprint density at radius 2 is 0.585 bits per heavy atom. The van der Waals surface area contributed by atoms with Gasteiger partial charge in [-0.25, -0.2) is 0 Å². The largest absolute Gasteiger partial charge is 0.508 e. The van der Waals surface area contributed by atoms with Gasteiger partial charge in [-0.15, -0.1) is 0 Å². The molecule has 0 heterocycles. The van der Waals surface area contributed by atoms with E-state index >= 15 is 0 Å². The van der Waals surface area contributed by atoms with Crippen molar-refractivity contribution in [1.82, 2.24) is 0 Å². The predicted molar refractivity (Wildman–Crippen MR) is 166 cm³/mol. The number of aromatic hydroxyl groups is 3. The Kier molecular flexibility index (Phi) is 6.78. The molecule has 0 aromatic heterocycles. The minimum absolute atomic E-state index is 0.226. The molecule has 0 aliphatic carbocycles. The van der Waals surface area contributed by atoms with Gasteiger partial charge in [-0.05, 0) is 93.4 Å². The number of benzene rings is 6. The predicted octanol–water partition coefficient (Wildman–Crippen LogP) is 9.16. The van der Waals surface area contributed by atoms with E-state index in [1.165, 1.54) is 0 Å². The summed E-state index contributed by atoms with van der Waals surface area (Å²) >= 11 is 0. The fraction of sp³-hybridized carbons (Fsp3) is 0.0526. The maximum atomic E-state index is 10.0. The van der Waals surface area contributed by atoms with E-state index in [1.54, 1.807) is 36.4 Å². The molecule has 200 valence electrons. The summed E-state index contributed by atoms with van der Waals surface area (Å²) in [6, 6.07) is 47.3. The van der Waals surface area contributed by atoms with E-state index < -0.39 is 5.41 Å². The van der Waals surface area contributed by atoms with E-state index in [4.69, 9.17) is 0 Å². The van der Waals surface area contributed by atoms with Gasteiger partial charge in [0.1, 0.15) is 17.2 Å². The van der Waals surface area contributed by atoms with Crippen LogP contribution in [0.2, 0.25) is 0 Å². The Morgan fingerprint density at radius 3 is 0.854 bits per heavy atom. The van der Waals surface area contributed by atoms with Gasteiger partial charge in [0, 0.05) is 5.41 Å². The van der Waals surface area contributed by atoms with E-state index in [0.29, 0.717) is 0 Å². The molecule has 0 saturated heterocycles. The molecule has 0 radical (unpaired) electrons. The Morgan fingerprint density at radius 1 is 0.341 bits per heavy atom. The second-order valence-electron chi connectivity index (χ2n) is 10.4. The molecule has 0 atom stereocenters. The molecule has 6 aromatic carbocycles. The molecule has 0 aliphatic heterocycles. The third kappa shape index (κ3) is 4.83. The first kappa shape index (κ1) is 26.0. The van der Waals surface area contributed by atoms with Crippen LogP contribution in [0.3, 0.4) is 0 Å². The summed E-state index contributed by atoms with van der Waals surface area (Å²) in [6.45, 7) is 2.27. The fourth-order valence-electron chi connectivity index (χ4n) is 5.87. The first-order valence-corrected chi connectivity index (χ1v) is 13.6. The minimum atomic E-state index is -0.641. The second-order valence-corrected chi connectivity index (χ2v) is 10.4. The topological polar surface area (TPSA) is 60.7 Å². The van der Waals surface area contributed by atoms with Crippen LogP contribution in [-0.2, 0) is 5.41 Å². The average molecular weight is 535 g/mol. The lowest BCUT2D eigenvalue weighted by molar-refractivity contribution is 0.475. The van der Waals surface area contributed by atoms with Gasteiger partial charge in [0.2, 0.25) is 0 Å². The molecule has 3 heteroatoms. The van der Waals surface area contributed by atoms with E-state index in [9.17, 15) is 15.3 Å². The first-order chi connectivity index (χ1) is 19.9. The third-order valence-electron chi connectivity index (χ3n) is 7.93. The van der Waals surface area contributed by atoms with Gasteiger partial charge in [-0.2, -0.15) is 0 Å². The van der Waals surface area contributed by atoms with Crippen LogP contribution in [0.25, 0.3) is 33.4 Å². The zero-order valence-corrected chi connectivity index (χ0v) is 22.7. The van der Waals surface area contributed by atoms with Gasteiger partial charge >= 0.3 is 0 Å². The molecule has 0 bridgehead atoms. The molecular weight excluding hydrogens is 504 g/mol. The van der Waals surface area contributed by atoms with Crippen molar-refractivity contribution in [1.29, 1.82) is 0 Å². The zero-order chi connectivity index (χ0) is 28.4. The highest BCUT2D eigenvalue weighted by molar-refractivity contribution is 5.81. The highest BCUT2D eigenvalue weighted by atomic mass is 16.3. The summed E-state index contributed by atoms with van der Waals surface area (Å²) < 4.78 is 0. The fourth-order valence-corrected chi connectivity index (χ4v) is 5.87. The summed E-state index contributed by atoms with van der Waals surface area (Å²) in [5.41, 5.74) is 8.92. The molecular formula is C38H30O3. The summed E-state index contributed by atoms with van der Waals surface area (Å²) in [7, 11) is 0. The Hall–Kier alpha value is -5.28. The maximum Gasteiger partial charge on any atom is 0.115 e. The standard InChI is InChI=1S/C38H30O3/c1-38(35-11-5-2-8-32(35)26-14-20-29(39)21-15-26,36-12-6-3-9-33(36)27-16-22-30(40)23-17-27)37-13-7-4-10-34(37)28-18-24-31(41)25-19-28/h2-25,39-41H,1H3. The number of phenols is 3. The van der Waals surface area contributed by atoms with Crippen LogP contribution in [0.4, 0.5) is 0 Å². The minimum Gasteiger partial charge on any atom is -0.508 e. The van der Waals surface area contributed by atoms with Crippen molar-refractivity contribution >= 4 is 0 Å². The number of rotatable bonds is 6. The average Bonchev–Trinajstić information content (AvgIpc) is 3.02. The van der Waals surface area contributed by atoms with Gasteiger partial charge in [-0.3, -0.25) is 0 Å². The zero-order valence-electron chi connectivity index (χ0n) is 22.7. The number of hydrogen-bond donors (Lipinski definition) is 3. The molecule has 0 spiro atoms. The summed E-state index contributed by atoms with van der Waals surface area (Å²) in [4.78, 5) is 0. The summed E-state index contributed by atoms with van der Waals surface area (Å²) in [5.74, 6) is 0.679. The normalized spacial score (nSPS) is 11.3. The van der Waals surface area contributed by atoms with Gasteiger partial charge in [0.05, 0.1) is 0 Å². The van der Waals surface area contributed by atoms with Crippen molar-refractivity contribution in [3.05, 3.63) is 162 Å². The Labute approximate surface area is 240 Å². The lowest BCUT2D eigenvalue weighted by atomic mass is 9.65. The molecule has 0 amide bonds. The van der Waals surface area contributed by atoms with Crippen molar-refractivity contribution in [3.63, 3.8) is 0 Å². The molecule has 0 unspecified atom stereocenters. The molecule has 3 nitrogen and oxygen atoms in total. The monoisotopic (exact) mass is 534 g/mol. The Bertz CT molecular complexity index is 1590.